The molecule has 27 heavy (non-hydrogen) atoms. The van der Waals surface area contributed by atoms with Crippen molar-refractivity contribution in [2.45, 2.75) is 42.5 Å². The molecular weight excluding hydrogens is 358 g/mol. The van der Waals surface area contributed by atoms with E-state index in [-0.39, 0.29) is 0 Å². The van der Waals surface area contributed by atoms with Crippen LogP contribution in [-0.2, 0) is 10.0 Å². The number of benzene rings is 1. The number of hydrogen-bond donors (Lipinski definition) is 0. The van der Waals surface area contributed by atoms with E-state index >= 15 is 0 Å². The summed E-state index contributed by atoms with van der Waals surface area (Å²) in [7, 11) is -3.66. The number of nitrogens with zero attached hydrogens (tertiary/aromatic N) is 3. The van der Waals surface area contributed by atoms with Crippen LogP contribution in [0.5, 0.6) is 0 Å². The Labute approximate surface area is 159 Å². The van der Waals surface area contributed by atoms with Crippen molar-refractivity contribution in [1.82, 2.24) is 13.9 Å². The lowest BCUT2D eigenvalue weighted by molar-refractivity contribution is 0.181. The van der Waals surface area contributed by atoms with Gasteiger partial charge in [-0.2, -0.15) is 0 Å². The first-order valence-corrected chi connectivity index (χ1v) is 11.1. The maximum Gasteiger partial charge on any atom is 0.269 e. The molecule has 5 nitrogen and oxygen atoms in total. The van der Waals surface area contributed by atoms with E-state index < -0.39 is 10.0 Å². The maximum absolute atomic E-state index is 13.2. The second-order valence-electron chi connectivity index (χ2n) is 7.63. The third kappa shape index (κ3) is 2.78. The SMILES string of the molecule is O=S(=O)(c1ccccc1)n1cc(C2CCN3CCCC3C2)c2cccnc21. The molecule has 0 N–H and O–H groups in total. The average molecular weight is 382 g/mol. The number of pyridine rings is 1. The summed E-state index contributed by atoms with van der Waals surface area (Å²) in [4.78, 5) is 7.32. The zero-order chi connectivity index (χ0) is 18.4. The molecule has 4 heterocycles. The van der Waals surface area contributed by atoms with Gasteiger partial charge < -0.3 is 4.90 Å². The Hall–Kier alpha value is -2.18. The van der Waals surface area contributed by atoms with Crippen LogP contribution in [0.1, 0.15) is 37.2 Å². The highest BCUT2D eigenvalue weighted by atomic mass is 32.2. The van der Waals surface area contributed by atoms with Crippen molar-refractivity contribution in [1.29, 1.82) is 0 Å². The van der Waals surface area contributed by atoms with Crippen LogP contribution >= 0.6 is 0 Å². The molecule has 0 saturated carbocycles. The molecule has 3 aromatic rings. The average Bonchev–Trinajstić information content (AvgIpc) is 3.33. The van der Waals surface area contributed by atoms with Gasteiger partial charge in [0.1, 0.15) is 0 Å². The zero-order valence-corrected chi connectivity index (χ0v) is 16.0. The van der Waals surface area contributed by atoms with Crippen LogP contribution in [0.4, 0.5) is 0 Å². The Morgan fingerprint density at radius 3 is 2.70 bits per heavy atom. The fourth-order valence-corrected chi connectivity index (χ4v) is 6.13. The molecule has 2 unspecified atom stereocenters. The molecule has 0 radical (unpaired) electrons. The van der Waals surface area contributed by atoms with Crippen molar-refractivity contribution in [2.75, 3.05) is 13.1 Å². The van der Waals surface area contributed by atoms with Crippen LogP contribution in [0.25, 0.3) is 11.0 Å². The van der Waals surface area contributed by atoms with Gasteiger partial charge in [0.25, 0.3) is 10.0 Å². The molecule has 0 bridgehead atoms. The standard InChI is InChI=1S/C21H23N3O2S/c25-27(26,18-7-2-1-3-8-18)24-15-20(19-9-4-11-22-21(19)24)16-10-13-23-12-5-6-17(23)14-16/h1-4,7-9,11,15-17H,5-6,10,12-14H2. The van der Waals surface area contributed by atoms with E-state index in [0.29, 0.717) is 22.5 Å². The predicted octanol–water partition coefficient (Wildman–Crippen LogP) is 3.62. The minimum atomic E-state index is -3.66. The molecule has 5 rings (SSSR count). The second-order valence-corrected chi connectivity index (χ2v) is 9.44. The Morgan fingerprint density at radius 1 is 1.00 bits per heavy atom. The highest BCUT2D eigenvalue weighted by Crippen LogP contribution is 2.39. The zero-order valence-electron chi connectivity index (χ0n) is 15.2. The van der Waals surface area contributed by atoms with Gasteiger partial charge in [-0.25, -0.2) is 17.4 Å². The first-order chi connectivity index (χ1) is 13.1. The summed E-state index contributed by atoms with van der Waals surface area (Å²) >= 11 is 0. The van der Waals surface area contributed by atoms with E-state index in [1.165, 1.54) is 23.4 Å². The lowest BCUT2D eigenvalue weighted by Crippen LogP contribution is -2.37. The van der Waals surface area contributed by atoms with Crippen LogP contribution in [0.3, 0.4) is 0 Å². The topological polar surface area (TPSA) is 55.2 Å². The normalized spacial score (nSPS) is 23.6. The van der Waals surface area contributed by atoms with Crippen LogP contribution in [0.15, 0.2) is 59.8 Å². The molecule has 6 heteroatoms. The van der Waals surface area contributed by atoms with Crippen molar-refractivity contribution >= 4 is 21.1 Å². The molecule has 2 aliphatic rings. The van der Waals surface area contributed by atoms with E-state index in [1.807, 2.05) is 24.4 Å². The molecule has 2 aromatic heterocycles. The summed E-state index contributed by atoms with van der Waals surface area (Å²) in [6.45, 7) is 2.32. The summed E-state index contributed by atoms with van der Waals surface area (Å²) < 4.78 is 27.9. The van der Waals surface area contributed by atoms with Crippen molar-refractivity contribution in [2.24, 2.45) is 0 Å². The van der Waals surface area contributed by atoms with Gasteiger partial charge in [0.15, 0.2) is 5.65 Å². The monoisotopic (exact) mass is 381 g/mol. The van der Waals surface area contributed by atoms with Crippen molar-refractivity contribution in [3.63, 3.8) is 0 Å². The smallest absolute Gasteiger partial charge is 0.269 e. The maximum atomic E-state index is 13.2. The second kappa shape index (κ2) is 6.46. The molecule has 0 aliphatic carbocycles. The summed E-state index contributed by atoms with van der Waals surface area (Å²) in [5, 5.41) is 0.966. The molecule has 1 aromatic carbocycles. The van der Waals surface area contributed by atoms with Gasteiger partial charge in [-0.3, -0.25) is 0 Å². The Kier molecular flexibility index (Phi) is 4.06. The van der Waals surface area contributed by atoms with Crippen LogP contribution in [-0.4, -0.2) is 41.4 Å². The largest absolute Gasteiger partial charge is 0.300 e. The van der Waals surface area contributed by atoms with Gasteiger partial charge in [-0.05, 0) is 74.5 Å². The third-order valence-corrected chi connectivity index (χ3v) is 7.79. The van der Waals surface area contributed by atoms with Crippen molar-refractivity contribution in [3.8, 4) is 0 Å². The fraction of sp³-hybridized carbons (Fsp3) is 0.381. The van der Waals surface area contributed by atoms with Gasteiger partial charge in [-0.1, -0.05) is 18.2 Å². The van der Waals surface area contributed by atoms with Crippen LogP contribution < -0.4 is 0 Å². The molecule has 0 spiro atoms. The number of piperidine rings is 1. The molecule has 2 atom stereocenters. The van der Waals surface area contributed by atoms with Crippen LogP contribution in [0, 0.1) is 0 Å². The quantitative estimate of drug-likeness (QED) is 0.695. The van der Waals surface area contributed by atoms with Gasteiger partial charge >= 0.3 is 0 Å². The Balaban J connectivity index is 1.61. The van der Waals surface area contributed by atoms with Crippen LogP contribution in [0.2, 0.25) is 0 Å². The number of aromatic nitrogens is 2. The number of fused-ring (bicyclic) bond motifs is 2. The molecular formula is C21H23N3O2S. The lowest BCUT2D eigenvalue weighted by atomic mass is 9.85. The van der Waals surface area contributed by atoms with E-state index in [9.17, 15) is 8.42 Å². The van der Waals surface area contributed by atoms with Gasteiger partial charge in [-0.15, -0.1) is 0 Å². The molecule has 2 aliphatic heterocycles. The fourth-order valence-electron chi connectivity index (χ4n) is 4.78. The van der Waals surface area contributed by atoms with Gasteiger partial charge in [0.05, 0.1) is 4.90 Å². The van der Waals surface area contributed by atoms with Gasteiger partial charge in [0.2, 0.25) is 0 Å². The first-order valence-electron chi connectivity index (χ1n) is 9.65. The molecule has 0 amide bonds. The third-order valence-electron chi connectivity index (χ3n) is 6.12. The Bertz CT molecular complexity index is 1080. The highest BCUT2D eigenvalue weighted by molar-refractivity contribution is 7.90. The van der Waals surface area contributed by atoms with E-state index in [1.54, 1.807) is 30.5 Å². The number of rotatable bonds is 3. The van der Waals surface area contributed by atoms with Crippen molar-refractivity contribution in [3.05, 3.63) is 60.4 Å². The predicted molar refractivity (Wildman–Crippen MR) is 105 cm³/mol. The lowest BCUT2D eigenvalue weighted by Gasteiger charge is -2.34. The minimum absolute atomic E-state index is 0.296. The van der Waals surface area contributed by atoms with Crippen molar-refractivity contribution < 1.29 is 8.42 Å². The molecule has 2 saturated heterocycles. The molecule has 2 fully saturated rings. The minimum Gasteiger partial charge on any atom is -0.300 e. The highest BCUT2D eigenvalue weighted by Gasteiger charge is 2.34. The Morgan fingerprint density at radius 2 is 1.85 bits per heavy atom. The van der Waals surface area contributed by atoms with E-state index in [2.05, 4.69) is 9.88 Å². The van der Waals surface area contributed by atoms with E-state index in [4.69, 9.17) is 0 Å². The van der Waals surface area contributed by atoms with E-state index in [0.717, 1.165) is 30.3 Å². The summed E-state index contributed by atoms with van der Waals surface area (Å²) in [5.41, 5.74) is 1.66. The van der Waals surface area contributed by atoms with Gasteiger partial charge in [0, 0.05) is 23.8 Å². The summed E-state index contributed by atoms with van der Waals surface area (Å²) in [5.74, 6) is 0.392. The first kappa shape index (κ1) is 17.0. The summed E-state index contributed by atoms with van der Waals surface area (Å²) in [6.07, 6.45) is 8.23. The number of hydrogen-bond acceptors (Lipinski definition) is 4. The molecule has 140 valence electrons. The summed E-state index contributed by atoms with van der Waals surface area (Å²) in [6, 6.07) is 13.2.